The molecule has 0 unspecified atom stereocenters. The van der Waals surface area contributed by atoms with E-state index in [1.165, 1.54) is 12.4 Å². The number of benzene rings is 1. The zero-order chi connectivity index (χ0) is 15.7. The van der Waals surface area contributed by atoms with Crippen molar-refractivity contribution in [1.29, 1.82) is 0 Å². The molecule has 2 amide bonds. The molecule has 0 atom stereocenters. The molecule has 0 saturated heterocycles. The van der Waals surface area contributed by atoms with Gasteiger partial charge in [-0.3, -0.25) is 14.5 Å². The van der Waals surface area contributed by atoms with E-state index in [2.05, 4.69) is 9.97 Å². The van der Waals surface area contributed by atoms with E-state index in [9.17, 15) is 14.4 Å². The van der Waals surface area contributed by atoms with E-state index in [-0.39, 0.29) is 30.3 Å². The molecule has 0 fully saturated rings. The van der Waals surface area contributed by atoms with Crippen molar-refractivity contribution >= 4 is 17.8 Å². The van der Waals surface area contributed by atoms with Crippen molar-refractivity contribution in [3.8, 4) is 0 Å². The Morgan fingerprint density at radius 2 is 1.59 bits per heavy atom. The van der Waals surface area contributed by atoms with E-state index in [4.69, 9.17) is 5.11 Å². The van der Waals surface area contributed by atoms with Crippen molar-refractivity contribution in [2.75, 3.05) is 6.54 Å². The first-order chi connectivity index (χ1) is 10.6. The van der Waals surface area contributed by atoms with Gasteiger partial charge in [0.15, 0.2) is 0 Å². The van der Waals surface area contributed by atoms with Crippen LogP contribution in [0.5, 0.6) is 0 Å². The van der Waals surface area contributed by atoms with Crippen LogP contribution in [0.3, 0.4) is 0 Å². The summed E-state index contributed by atoms with van der Waals surface area (Å²) in [6, 6.07) is 6.66. The zero-order valence-electron chi connectivity index (χ0n) is 11.4. The van der Waals surface area contributed by atoms with Crippen LogP contribution in [0.25, 0.3) is 0 Å². The first kappa shape index (κ1) is 13.9. The van der Waals surface area contributed by atoms with E-state index in [0.717, 1.165) is 4.90 Å². The summed E-state index contributed by atoms with van der Waals surface area (Å²) in [5.74, 6) is -1.39. The summed E-state index contributed by atoms with van der Waals surface area (Å²) in [5.41, 5.74) is 0.786. The average molecular weight is 297 g/mol. The molecule has 1 aliphatic rings. The lowest BCUT2D eigenvalue weighted by Gasteiger charge is -2.12. The molecule has 2 aromatic rings. The van der Waals surface area contributed by atoms with E-state index in [1.807, 2.05) is 0 Å². The monoisotopic (exact) mass is 297 g/mol. The number of amides is 2. The first-order valence-corrected chi connectivity index (χ1v) is 6.57. The minimum absolute atomic E-state index is 0.00974. The van der Waals surface area contributed by atoms with E-state index in [1.54, 1.807) is 24.3 Å². The molecule has 110 valence electrons. The van der Waals surface area contributed by atoms with Crippen molar-refractivity contribution in [1.82, 2.24) is 14.9 Å². The number of hydrogen-bond acceptors (Lipinski definition) is 5. The van der Waals surface area contributed by atoms with Crippen LogP contribution in [0.4, 0.5) is 0 Å². The van der Waals surface area contributed by atoms with Gasteiger partial charge in [-0.25, -0.2) is 14.8 Å². The molecule has 1 N–H and O–H groups in total. The maximum absolute atomic E-state index is 12.2. The van der Waals surface area contributed by atoms with Crippen LogP contribution in [0.2, 0.25) is 0 Å². The smallest absolute Gasteiger partial charge is 0.338 e. The maximum atomic E-state index is 12.2. The molecule has 3 rings (SSSR count). The lowest BCUT2D eigenvalue weighted by atomic mass is 10.1. The third-order valence-electron chi connectivity index (χ3n) is 3.39. The summed E-state index contributed by atoms with van der Waals surface area (Å²) in [6.07, 6.45) is 2.67. The van der Waals surface area contributed by atoms with Gasteiger partial charge in [-0.2, -0.15) is 0 Å². The largest absolute Gasteiger partial charge is 0.478 e. The minimum Gasteiger partial charge on any atom is -0.478 e. The molecule has 1 aromatic carbocycles. The molecule has 7 nitrogen and oxygen atoms in total. The van der Waals surface area contributed by atoms with E-state index < -0.39 is 5.97 Å². The van der Waals surface area contributed by atoms with Gasteiger partial charge in [0.2, 0.25) is 0 Å². The Morgan fingerprint density at radius 1 is 1.05 bits per heavy atom. The number of nitrogens with zero attached hydrogens (tertiary/aromatic N) is 3. The Kier molecular flexibility index (Phi) is 3.38. The lowest BCUT2D eigenvalue weighted by molar-refractivity contribution is 0.0652. The number of aromatic carboxylic acids is 1. The van der Waals surface area contributed by atoms with Crippen LogP contribution in [-0.4, -0.2) is 44.3 Å². The standard InChI is InChI=1S/C15H11N3O4/c19-13-10-3-1-2-4-11(10)14(20)18(13)6-5-12-16-7-9(8-17-12)15(21)22/h1-4,7-8H,5-6H2,(H,21,22). The third kappa shape index (κ3) is 2.32. The first-order valence-electron chi connectivity index (χ1n) is 6.57. The van der Waals surface area contributed by atoms with Crippen molar-refractivity contribution in [2.24, 2.45) is 0 Å². The van der Waals surface area contributed by atoms with Gasteiger partial charge in [0.1, 0.15) is 5.82 Å². The Morgan fingerprint density at radius 3 is 2.09 bits per heavy atom. The second-order valence-electron chi connectivity index (χ2n) is 4.75. The number of carboxylic acid groups (broad SMARTS) is 1. The highest BCUT2D eigenvalue weighted by molar-refractivity contribution is 6.21. The minimum atomic E-state index is -1.10. The number of carbonyl (C=O) groups is 3. The molecule has 22 heavy (non-hydrogen) atoms. The van der Waals surface area contributed by atoms with Gasteiger partial charge < -0.3 is 5.11 Å². The van der Waals surface area contributed by atoms with Crippen LogP contribution in [0.15, 0.2) is 36.7 Å². The maximum Gasteiger partial charge on any atom is 0.338 e. The van der Waals surface area contributed by atoms with Crippen LogP contribution in [0.1, 0.15) is 36.9 Å². The SMILES string of the molecule is O=C(O)c1cnc(CCN2C(=O)c3ccccc3C2=O)nc1. The number of fused-ring (bicyclic) bond motifs is 1. The average Bonchev–Trinajstić information content (AvgIpc) is 2.78. The zero-order valence-corrected chi connectivity index (χ0v) is 11.4. The van der Waals surface area contributed by atoms with Gasteiger partial charge in [-0.05, 0) is 12.1 Å². The second kappa shape index (κ2) is 5.36. The van der Waals surface area contributed by atoms with Gasteiger partial charge in [-0.1, -0.05) is 12.1 Å². The second-order valence-corrected chi connectivity index (χ2v) is 4.75. The van der Waals surface area contributed by atoms with Crippen LogP contribution in [-0.2, 0) is 6.42 Å². The van der Waals surface area contributed by atoms with Gasteiger partial charge >= 0.3 is 5.97 Å². The number of carboxylic acids is 1. The van der Waals surface area contributed by atoms with Crippen LogP contribution >= 0.6 is 0 Å². The number of hydrogen-bond donors (Lipinski definition) is 1. The van der Waals surface area contributed by atoms with Crippen molar-refractivity contribution < 1.29 is 19.5 Å². The Balaban J connectivity index is 1.71. The molecule has 1 aromatic heterocycles. The molecular weight excluding hydrogens is 286 g/mol. The topological polar surface area (TPSA) is 100 Å². The molecule has 0 saturated carbocycles. The fourth-order valence-corrected chi connectivity index (χ4v) is 2.25. The van der Waals surface area contributed by atoms with E-state index >= 15 is 0 Å². The summed E-state index contributed by atoms with van der Waals surface area (Å²) >= 11 is 0. The van der Waals surface area contributed by atoms with Gasteiger partial charge in [0.05, 0.1) is 16.7 Å². The molecular formula is C15H11N3O4. The molecule has 0 bridgehead atoms. The quantitative estimate of drug-likeness (QED) is 0.845. The van der Waals surface area contributed by atoms with Gasteiger partial charge in [0.25, 0.3) is 11.8 Å². The van der Waals surface area contributed by atoms with Gasteiger partial charge in [0, 0.05) is 25.4 Å². The molecule has 0 radical (unpaired) electrons. The van der Waals surface area contributed by atoms with Crippen LogP contribution in [0, 0.1) is 0 Å². The molecule has 2 heterocycles. The van der Waals surface area contributed by atoms with Crippen molar-refractivity contribution in [3.63, 3.8) is 0 Å². The normalized spacial score (nSPS) is 13.4. The van der Waals surface area contributed by atoms with Crippen molar-refractivity contribution in [3.05, 3.63) is 59.2 Å². The summed E-state index contributed by atoms with van der Waals surface area (Å²) in [7, 11) is 0. The number of aromatic nitrogens is 2. The summed E-state index contributed by atoms with van der Waals surface area (Å²) in [5, 5.41) is 8.77. The predicted molar refractivity (Wildman–Crippen MR) is 74.5 cm³/mol. The Labute approximate surface area is 125 Å². The third-order valence-corrected chi connectivity index (χ3v) is 3.39. The predicted octanol–water partition coefficient (Wildman–Crippen LogP) is 1.01. The summed E-state index contributed by atoms with van der Waals surface area (Å²) in [4.78, 5) is 44.0. The van der Waals surface area contributed by atoms with Crippen LogP contribution < -0.4 is 0 Å². The Hall–Kier alpha value is -3.09. The lowest BCUT2D eigenvalue weighted by Crippen LogP contribution is -2.32. The number of rotatable bonds is 4. The molecule has 7 heteroatoms. The highest BCUT2D eigenvalue weighted by Crippen LogP contribution is 2.22. The highest BCUT2D eigenvalue weighted by atomic mass is 16.4. The molecule has 0 aliphatic carbocycles. The highest BCUT2D eigenvalue weighted by Gasteiger charge is 2.34. The van der Waals surface area contributed by atoms with Crippen molar-refractivity contribution in [2.45, 2.75) is 6.42 Å². The molecule has 0 spiro atoms. The fourth-order valence-electron chi connectivity index (χ4n) is 2.25. The molecule has 1 aliphatic heterocycles. The fraction of sp³-hybridized carbons (Fsp3) is 0.133. The summed E-state index contributed by atoms with van der Waals surface area (Å²) < 4.78 is 0. The van der Waals surface area contributed by atoms with E-state index in [0.29, 0.717) is 17.0 Å². The number of carbonyl (C=O) groups excluding carboxylic acids is 2. The Bertz CT molecular complexity index is 736. The summed E-state index contributed by atoms with van der Waals surface area (Å²) in [6.45, 7) is 0.152. The van der Waals surface area contributed by atoms with Gasteiger partial charge in [-0.15, -0.1) is 0 Å². The number of imide groups is 1.